The smallest absolute Gasteiger partial charge is 0.273 e. The maximum atomic E-state index is 12.2. The minimum atomic E-state index is -0.547. The number of benzene rings is 2. The molecule has 2 aromatic rings. The van der Waals surface area contributed by atoms with E-state index in [1.54, 1.807) is 24.3 Å². The highest BCUT2D eigenvalue weighted by molar-refractivity contribution is 6.05. The lowest BCUT2D eigenvalue weighted by Gasteiger charge is -2.10. The van der Waals surface area contributed by atoms with Crippen LogP contribution in [0.1, 0.15) is 17.3 Å². The molecular weight excluding hydrogens is 314 g/mol. The Kier molecular flexibility index (Phi) is 5.10. The number of ether oxygens (including phenoxy) is 1. The highest BCUT2D eigenvalue weighted by atomic mass is 16.6. The average molecular weight is 329 g/mol. The van der Waals surface area contributed by atoms with Crippen molar-refractivity contribution in [3.63, 3.8) is 0 Å². The van der Waals surface area contributed by atoms with Gasteiger partial charge in [-0.25, -0.2) is 0 Å². The fourth-order valence-corrected chi connectivity index (χ4v) is 2.00. The number of methoxy groups -OCH3 is 1. The van der Waals surface area contributed by atoms with Gasteiger partial charge in [-0.15, -0.1) is 0 Å². The molecule has 0 aliphatic rings. The second-order valence-electron chi connectivity index (χ2n) is 4.85. The highest BCUT2D eigenvalue weighted by Crippen LogP contribution is 2.29. The van der Waals surface area contributed by atoms with Gasteiger partial charge in [0.15, 0.2) is 0 Å². The first kappa shape index (κ1) is 16.9. The lowest BCUT2D eigenvalue weighted by atomic mass is 10.2. The van der Waals surface area contributed by atoms with E-state index >= 15 is 0 Å². The van der Waals surface area contributed by atoms with Crippen molar-refractivity contribution in [2.24, 2.45) is 0 Å². The van der Waals surface area contributed by atoms with Crippen LogP contribution in [0.25, 0.3) is 0 Å². The zero-order valence-corrected chi connectivity index (χ0v) is 13.0. The van der Waals surface area contributed by atoms with Crippen molar-refractivity contribution in [3.8, 4) is 5.75 Å². The molecular formula is C16H15N3O5. The number of hydrogen-bond acceptors (Lipinski definition) is 5. The molecule has 8 heteroatoms. The van der Waals surface area contributed by atoms with Crippen LogP contribution in [0.4, 0.5) is 17.1 Å². The van der Waals surface area contributed by atoms with Crippen LogP contribution in [0.15, 0.2) is 42.5 Å². The summed E-state index contributed by atoms with van der Waals surface area (Å²) in [6.45, 7) is 1.39. The number of nitrogens with zero attached hydrogens (tertiary/aromatic N) is 1. The summed E-state index contributed by atoms with van der Waals surface area (Å²) in [6.07, 6.45) is 0. The number of nitro benzene ring substituents is 1. The third kappa shape index (κ3) is 4.07. The number of nitro groups is 1. The molecule has 2 N–H and O–H groups in total. The molecule has 124 valence electrons. The number of non-ortho nitro benzene ring substituents is 1. The first-order chi connectivity index (χ1) is 11.4. The Morgan fingerprint density at radius 2 is 1.75 bits per heavy atom. The van der Waals surface area contributed by atoms with Gasteiger partial charge < -0.3 is 15.4 Å². The summed E-state index contributed by atoms with van der Waals surface area (Å²) in [5.74, 6) is -0.424. The van der Waals surface area contributed by atoms with Crippen molar-refractivity contribution in [2.75, 3.05) is 17.7 Å². The molecule has 0 radical (unpaired) electrons. The van der Waals surface area contributed by atoms with Gasteiger partial charge in [-0.1, -0.05) is 0 Å². The van der Waals surface area contributed by atoms with Crippen molar-refractivity contribution in [2.45, 2.75) is 6.92 Å². The Morgan fingerprint density at radius 3 is 2.29 bits per heavy atom. The van der Waals surface area contributed by atoms with Crippen molar-refractivity contribution in [3.05, 3.63) is 58.1 Å². The van der Waals surface area contributed by atoms with Gasteiger partial charge in [-0.3, -0.25) is 19.7 Å². The van der Waals surface area contributed by atoms with E-state index in [0.29, 0.717) is 16.9 Å². The predicted octanol–water partition coefficient (Wildman–Crippen LogP) is 2.81. The Bertz CT molecular complexity index is 787. The van der Waals surface area contributed by atoms with Gasteiger partial charge in [-0.2, -0.15) is 0 Å². The van der Waals surface area contributed by atoms with E-state index in [4.69, 9.17) is 4.74 Å². The number of carbonyl (C=O) groups excluding carboxylic acids is 2. The molecule has 0 aliphatic carbocycles. The van der Waals surface area contributed by atoms with Crippen molar-refractivity contribution in [1.29, 1.82) is 0 Å². The molecule has 0 saturated carbocycles. The minimum Gasteiger partial charge on any atom is -0.494 e. The standard InChI is InChI=1S/C16H15N3O5/c1-10(20)17-12-5-3-11(4-6-12)16(21)18-14-8-7-13(19(22)23)9-15(14)24-2/h3-9H,1-2H3,(H,17,20)(H,18,21). The summed E-state index contributed by atoms with van der Waals surface area (Å²) >= 11 is 0. The summed E-state index contributed by atoms with van der Waals surface area (Å²) < 4.78 is 5.07. The highest BCUT2D eigenvalue weighted by Gasteiger charge is 2.14. The molecule has 0 aromatic heterocycles. The van der Waals surface area contributed by atoms with Crippen LogP contribution in [0.5, 0.6) is 5.75 Å². The van der Waals surface area contributed by atoms with Crippen molar-refractivity contribution >= 4 is 28.9 Å². The van der Waals surface area contributed by atoms with E-state index in [9.17, 15) is 19.7 Å². The first-order valence-electron chi connectivity index (χ1n) is 6.92. The molecule has 0 saturated heterocycles. The largest absolute Gasteiger partial charge is 0.494 e. The van der Waals surface area contributed by atoms with Crippen molar-refractivity contribution < 1.29 is 19.2 Å². The fraction of sp³-hybridized carbons (Fsp3) is 0.125. The molecule has 2 aromatic carbocycles. The molecule has 2 rings (SSSR count). The van der Waals surface area contributed by atoms with Crippen LogP contribution >= 0.6 is 0 Å². The number of carbonyl (C=O) groups is 2. The lowest BCUT2D eigenvalue weighted by molar-refractivity contribution is -0.384. The molecule has 8 nitrogen and oxygen atoms in total. The zero-order valence-electron chi connectivity index (χ0n) is 13.0. The Balaban J connectivity index is 2.17. The molecule has 0 aliphatic heterocycles. The molecule has 0 heterocycles. The van der Waals surface area contributed by atoms with E-state index in [1.165, 1.54) is 32.2 Å². The quantitative estimate of drug-likeness (QED) is 0.647. The number of nitrogens with one attached hydrogen (secondary N) is 2. The summed E-state index contributed by atoms with van der Waals surface area (Å²) in [5.41, 5.74) is 1.13. The second kappa shape index (κ2) is 7.23. The number of amides is 2. The summed E-state index contributed by atoms with van der Waals surface area (Å²) in [5, 5.41) is 16.0. The number of rotatable bonds is 5. The summed E-state index contributed by atoms with van der Waals surface area (Å²) in [6, 6.07) is 10.2. The Hall–Kier alpha value is -3.42. The second-order valence-corrected chi connectivity index (χ2v) is 4.85. The maximum absolute atomic E-state index is 12.2. The van der Waals surface area contributed by atoms with E-state index in [2.05, 4.69) is 10.6 Å². The number of anilines is 2. The van der Waals surface area contributed by atoms with Crippen LogP contribution in [0, 0.1) is 10.1 Å². The SMILES string of the molecule is COc1cc([N+](=O)[O-])ccc1NC(=O)c1ccc(NC(C)=O)cc1. The van der Waals surface area contributed by atoms with Crippen LogP contribution in [0.2, 0.25) is 0 Å². The topological polar surface area (TPSA) is 111 Å². The van der Waals surface area contributed by atoms with Gasteiger partial charge in [0.05, 0.1) is 23.8 Å². The average Bonchev–Trinajstić information content (AvgIpc) is 2.55. The minimum absolute atomic E-state index is 0.135. The lowest BCUT2D eigenvalue weighted by Crippen LogP contribution is -2.13. The van der Waals surface area contributed by atoms with Crippen LogP contribution in [0.3, 0.4) is 0 Å². The van der Waals surface area contributed by atoms with Gasteiger partial charge in [0.2, 0.25) is 5.91 Å². The van der Waals surface area contributed by atoms with Crippen molar-refractivity contribution in [1.82, 2.24) is 0 Å². The summed E-state index contributed by atoms with van der Waals surface area (Å²) in [7, 11) is 1.36. The third-order valence-electron chi connectivity index (χ3n) is 3.11. The third-order valence-corrected chi connectivity index (χ3v) is 3.11. The fourth-order valence-electron chi connectivity index (χ4n) is 2.00. The van der Waals surface area contributed by atoms with E-state index in [-0.39, 0.29) is 17.3 Å². The Morgan fingerprint density at radius 1 is 1.08 bits per heavy atom. The van der Waals surface area contributed by atoms with Gasteiger partial charge >= 0.3 is 0 Å². The molecule has 24 heavy (non-hydrogen) atoms. The maximum Gasteiger partial charge on any atom is 0.273 e. The molecule has 0 fully saturated rings. The molecule has 0 bridgehead atoms. The predicted molar refractivity (Wildman–Crippen MR) is 88.3 cm³/mol. The Labute approximate surface area is 137 Å². The van der Waals surface area contributed by atoms with Crippen LogP contribution in [-0.2, 0) is 4.79 Å². The first-order valence-corrected chi connectivity index (χ1v) is 6.92. The van der Waals surface area contributed by atoms with E-state index in [1.807, 2.05) is 0 Å². The monoisotopic (exact) mass is 329 g/mol. The molecule has 2 amide bonds. The van der Waals surface area contributed by atoms with Crippen LogP contribution in [-0.4, -0.2) is 23.8 Å². The zero-order chi connectivity index (χ0) is 17.7. The molecule has 0 spiro atoms. The van der Waals surface area contributed by atoms with E-state index < -0.39 is 10.8 Å². The number of hydrogen-bond donors (Lipinski definition) is 2. The summed E-state index contributed by atoms with van der Waals surface area (Å²) in [4.78, 5) is 33.4. The van der Waals surface area contributed by atoms with Crippen LogP contribution < -0.4 is 15.4 Å². The van der Waals surface area contributed by atoms with Gasteiger partial charge in [0.1, 0.15) is 5.75 Å². The normalized spacial score (nSPS) is 9.92. The van der Waals surface area contributed by atoms with E-state index in [0.717, 1.165) is 0 Å². The molecule has 0 unspecified atom stereocenters. The molecule has 0 atom stereocenters. The van der Waals surface area contributed by atoms with Gasteiger partial charge in [0.25, 0.3) is 11.6 Å². The van der Waals surface area contributed by atoms with Gasteiger partial charge in [0, 0.05) is 24.2 Å². The van der Waals surface area contributed by atoms with Gasteiger partial charge in [-0.05, 0) is 30.3 Å².